The maximum atomic E-state index is 12.0. The van der Waals surface area contributed by atoms with E-state index in [1.54, 1.807) is 11.8 Å². The lowest BCUT2D eigenvalue weighted by atomic mass is 10.0. The molecule has 2 amide bonds. The van der Waals surface area contributed by atoms with Crippen molar-refractivity contribution in [2.24, 2.45) is 5.92 Å². The number of para-hydroxylation sites is 1. The fourth-order valence-electron chi connectivity index (χ4n) is 2.95. The minimum absolute atomic E-state index is 0.0415. The standard InChI is InChI=1S/C18H28N2O3/c1-13-6-4-7-14(2)17(13)23-11-5-9-19-18(22)20-10-8-16(12-20)15(3)21/h4,6-7,15-16,21H,5,8-12H2,1-3H3,(H,19,22)/t15-,16+/m1/s1. The average molecular weight is 320 g/mol. The van der Waals surface area contributed by atoms with Crippen molar-refractivity contribution in [2.75, 3.05) is 26.2 Å². The van der Waals surface area contributed by atoms with Crippen molar-refractivity contribution in [3.05, 3.63) is 29.3 Å². The Morgan fingerprint density at radius 1 is 1.43 bits per heavy atom. The summed E-state index contributed by atoms with van der Waals surface area (Å²) < 4.78 is 5.83. The Kier molecular flexibility index (Phi) is 6.28. The van der Waals surface area contributed by atoms with Gasteiger partial charge in [0.2, 0.25) is 0 Å². The topological polar surface area (TPSA) is 61.8 Å². The van der Waals surface area contributed by atoms with Gasteiger partial charge in [0.15, 0.2) is 0 Å². The van der Waals surface area contributed by atoms with Crippen LogP contribution in [0.1, 0.15) is 30.9 Å². The number of nitrogens with one attached hydrogen (secondary N) is 1. The number of amides is 2. The van der Waals surface area contributed by atoms with Crippen LogP contribution in [-0.4, -0.2) is 48.4 Å². The number of aliphatic hydroxyl groups excluding tert-OH is 1. The van der Waals surface area contributed by atoms with Crippen LogP contribution in [-0.2, 0) is 0 Å². The zero-order chi connectivity index (χ0) is 16.8. The smallest absolute Gasteiger partial charge is 0.317 e. The van der Waals surface area contributed by atoms with E-state index in [1.165, 1.54) is 0 Å². The number of ether oxygens (including phenoxy) is 1. The number of urea groups is 1. The molecule has 5 nitrogen and oxygen atoms in total. The number of hydrogen-bond acceptors (Lipinski definition) is 3. The summed E-state index contributed by atoms with van der Waals surface area (Å²) in [5.41, 5.74) is 2.27. The lowest BCUT2D eigenvalue weighted by Gasteiger charge is -2.18. The molecule has 0 spiro atoms. The van der Waals surface area contributed by atoms with E-state index in [0.717, 1.165) is 36.3 Å². The summed E-state index contributed by atoms with van der Waals surface area (Å²) in [7, 11) is 0. The summed E-state index contributed by atoms with van der Waals surface area (Å²) in [5.74, 6) is 1.14. The van der Waals surface area contributed by atoms with Crippen LogP contribution in [0.15, 0.2) is 18.2 Å². The van der Waals surface area contributed by atoms with Crippen LogP contribution < -0.4 is 10.1 Å². The average Bonchev–Trinajstić information content (AvgIpc) is 2.99. The second-order valence-corrected chi connectivity index (χ2v) is 6.39. The van der Waals surface area contributed by atoms with Crippen molar-refractivity contribution in [3.63, 3.8) is 0 Å². The number of nitrogens with zero attached hydrogens (tertiary/aromatic N) is 1. The monoisotopic (exact) mass is 320 g/mol. The molecule has 0 saturated carbocycles. The van der Waals surface area contributed by atoms with Crippen molar-refractivity contribution in [3.8, 4) is 5.75 Å². The highest BCUT2D eigenvalue weighted by molar-refractivity contribution is 5.74. The number of likely N-dealkylation sites (tertiary alicyclic amines) is 1. The van der Waals surface area contributed by atoms with Gasteiger partial charge in [0.05, 0.1) is 12.7 Å². The maximum Gasteiger partial charge on any atom is 0.317 e. The van der Waals surface area contributed by atoms with E-state index in [1.807, 2.05) is 32.0 Å². The first-order valence-electron chi connectivity index (χ1n) is 8.39. The van der Waals surface area contributed by atoms with Gasteiger partial charge < -0.3 is 20.1 Å². The van der Waals surface area contributed by atoms with Crippen LogP contribution in [0.25, 0.3) is 0 Å². The first kappa shape index (κ1) is 17.6. The quantitative estimate of drug-likeness (QED) is 0.792. The van der Waals surface area contributed by atoms with Gasteiger partial charge in [0, 0.05) is 25.6 Å². The van der Waals surface area contributed by atoms with Gasteiger partial charge in [-0.05, 0) is 44.7 Å². The fourth-order valence-corrected chi connectivity index (χ4v) is 2.95. The van der Waals surface area contributed by atoms with Gasteiger partial charge >= 0.3 is 6.03 Å². The SMILES string of the molecule is Cc1cccc(C)c1OCCCNC(=O)N1CC[C@H]([C@@H](C)O)C1. The Hall–Kier alpha value is -1.75. The number of benzene rings is 1. The highest BCUT2D eigenvalue weighted by Gasteiger charge is 2.28. The first-order chi connectivity index (χ1) is 11.0. The van der Waals surface area contributed by atoms with Gasteiger partial charge in [-0.25, -0.2) is 4.79 Å². The molecule has 128 valence electrons. The van der Waals surface area contributed by atoms with Gasteiger partial charge in [0.25, 0.3) is 0 Å². The van der Waals surface area contributed by atoms with E-state index >= 15 is 0 Å². The summed E-state index contributed by atoms with van der Waals surface area (Å²) in [4.78, 5) is 13.8. The van der Waals surface area contributed by atoms with Crippen LogP contribution in [0.2, 0.25) is 0 Å². The van der Waals surface area contributed by atoms with Crippen molar-refractivity contribution < 1.29 is 14.6 Å². The van der Waals surface area contributed by atoms with E-state index in [4.69, 9.17) is 4.74 Å². The van der Waals surface area contributed by atoms with E-state index < -0.39 is 0 Å². The number of hydrogen-bond donors (Lipinski definition) is 2. The largest absolute Gasteiger partial charge is 0.493 e. The molecule has 23 heavy (non-hydrogen) atoms. The molecule has 0 radical (unpaired) electrons. The zero-order valence-corrected chi connectivity index (χ0v) is 14.3. The zero-order valence-electron chi connectivity index (χ0n) is 14.3. The lowest BCUT2D eigenvalue weighted by Crippen LogP contribution is -2.39. The summed E-state index contributed by atoms with van der Waals surface area (Å²) >= 11 is 0. The second kappa shape index (κ2) is 8.20. The molecule has 1 heterocycles. The van der Waals surface area contributed by atoms with E-state index in [2.05, 4.69) is 5.32 Å². The Balaban J connectivity index is 1.65. The highest BCUT2D eigenvalue weighted by Crippen LogP contribution is 2.22. The molecule has 0 bridgehead atoms. The van der Waals surface area contributed by atoms with Crippen LogP contribution in [0, 0.1) is 19.8 Å². The third-order valence-corrected chi connectivity index (χ3v) is 4.45. The fraction of sp³-hybridized carbons (Fsp3) is 0.611. The molecule has 1 fully saturated rings. The third kappa shape index (κ3) is 4.86. The molecule has 0 aliphatic carbocycles. The van der Waals surface area contributed by atoms with Gasteiger partial charge in [0.1, 0.15) is 5.75 Å². The molecule has 2 N–H and O–H groups in total. The van der Waals surface area contributed by atoms with Crippen LogP contribution in [0.4, 0.5) is 4.79 Å². The summed E-state index contributed by atoms with van der Waals surface area (Å²) in [6, 6.07) is 6.06. The van der Waals surface area contributed by atoms with Gasteiger partial charge in [-0.3, -0.25) is 0 Å². The number of carbonyl (C=O) groups is 1. The Morgan fingerprint density at radius 2 is 2.13 bits per heavy atom. The normalized spacial score (nSPS) is 18.8. The lowest BCUT2D eigenvalue weighted by molar-refractivity contribution is 0.129. The van der Waals surface area contributed by atoms with E-state index in [9.17, 15) is 9.90 Å². The molecule has 5 heteroatoms. The number of aryl methyl sites for hydroxylation is 2. The van der Waals surface area contributed by atoms with Crippen molar-refractivity contribution in [2.45, 2.75) is 39.7 Å². The van der Waals surface area contributed by atoms with Crippen LogP contribution in [0.5, 0.6) is 5.75 Å². The molecule has 0 aromatic heterocycles. The highest BCUT2D eigenvalue weighted by atomic mass is 16.5. The second-order valence-electron chi connectivity index (χ2n) is 6.39. The Labute approximate surface area is 138 Å². The van der Waals surface area contributed by atoms with E-state index in [-0.39, 0.29) is 18.1 Å². The van der Waals surface area contributed by atoms with Gasteiger partial charge in [-0.1, -0.05) is 18.2 Å². The molecule has 2 rings (SSSR count). The Morgan fingerprint density at radius 3 is 2.74 bits per heavy atom. The maximum absolute atomic E-state index is 12.0. The summed E-state index contributed by atoms with van der Waals surface area (Å²) in [6.07, 6.45) is 1.30. The number of rotatable bonds is 6. The minimum Gasteiger partial charge on any atom is -0.493 e. The predicted molar refractivity (Wildman–Crippen MR) is 90.8 cm³/mol. The van der Waals surface area contributed by atoms with Crippen molar-refractivity contribution in [1.82, 2.24) is 10.2 Å². The molecular weight excluding hydrogens is 292 g/mol. The minimum atomic E-state index is -0.349. The molecule has 1 aliphatic heterocycles. The van der Waals surface area contributed by atoms with Crippen LogP contribution in [0.3, 0.4) is 0 Å². The Bertz CT molecular complexity index is 511. The van der Waals surface area contributed by atoms with Gasteiger partial charge in [-0.2, -0.15) is 0 Å². The molecule has 1 aromatic carbocycles. The van der Waals surface area contributed by atoms with E-state index in [0.29, 0.717) is 19.7 Å². The molecule has 0 unspecified atom stereocenters. The molecule has 2 atom stereocenters. The number of aliphatic hydroxyl groups is 1. The first-order valence-corrected chi connectivity index (χ1v) is 8.39. The summed E-state index contributed by atoms with van der Waals surface area (Å²) in [5, 5.41) is 12.5. The molecular formula is C18H28N2O3. The third-order valence-electron chi connectivity index (χ3n) is 4.45. The number of carbonyl (C=O) groups excluding carboxylic acids is 1. The van der Waals surface area contributed by atoms with Crippen molar-refractivity contribution >= 4 is 6.03 Å². The molecule has 1 saturated heterocycles. The van der Waals surface area contributed by atoms with Gasteiger partial charge in [-0.15, -0.1) is 0 Å². The van der Waals surface area contributed by atoms with Crippen molar-refractivity contribution in [1.29, 1.82) is 0 Å². The predicted octanol–water partition coefficient (Wildman–Crippen LogP) is 2.48. The molecule has 1 aliphatic rings. The molecule has 1 aromatic rings. The summed E-state index contributed by atoms with van der Waals surface area (Å²) in [6.45, 7) is 8.41. The van der Waals surface area contributed by atoms with Crippen LogP contribution >= 0.6 is 0 Å².